The molecule has 5 nitrogen and oxygen atoms in total. The molecule has 0 aliphatic heterocycles. The number of rotatable bonds is 11. The van der Waals surface area contributed by atoms with E-state index in [1.807, 2.05) is 0 Å². The molecule has 0 radical (unpaired) electrons. The van der Waals surface area contributed by atoms with Crippen LogP contribution in [0.4, 0.5) is 17.6 Å². The second-order valence-corrected chi connectivity index (χ2v) is 7.06. The minimum absolute atomic E-state index is 0.187. The minimum atomic E-state index is -3.73. The summed E-state index contributed by atoms with van der Waals surface area (Å²) in [4.78, 5) is 0. The van der Waals surface area contributed by atoms with Crippen LogP contribution < -0.4 is 0 Å². The Morgan fingerprint density at radius 2 is 1.65 bits per heavy atom. The van der Waals surface area contributed by atoms with Crippen molar-refractivity contribution in [3.63, 3.8) is 0 Å². The number of halogens is 4. The molecule has 0 amide bonds. The maximum absolute atomic E-state index is 13.2. The average molecular weight is 342 g/mol. The van der Waals surface area contributed by atoms with Crippen LogP contribution in [0.3, 0.4) is 0 Å². The summed E-state index contributed by atoms with van der Waals surface area (Å²) in [6.45, 7) is 0.414. The number of ether oxygens (including phenoxy) is 1. The number of hydrogen-bond donors (Lipinski definition) is 1. The Morgan fingerprint density at radius 1 is 1.05 bits per heavy atom. The third kappa shape index (κ3) is 10.6. The average Bonchev–Trinajstić information content (AvgIpc) is 2.33. The largest absolute Gasteiger partial charge is 0.539 e. The highest BCUT2D eigenvalue weighted by Gasteiger charge is 2.37. The van der Waals surface area contributed by atoms with Crippen LogP contribution in [0.1, 0.15) is 19.3 Å². The lowest BCUT2D eigenvalue weighted by Gasteiger charge is -2.18. The second kappa shape index (κ2) is 8.95. The van der Waals surface area contributed by atoms with Crippen molar-refractivity contribution < 1.29 is 41.4 Å². The lowest BCUT2D eigenvalue weighted by molar-refractivity contribution is -0.245. The first-order valence-electron chi connectivity index (χ1n) is 5.62. The van der Waals surface area contributed by atoms with Gasteiger partial charge in [0, 0.05) is 11.1 Å². The highest BCUT2D eigenvalue weighted by Crippen LogP contribution is 2.31. The van der Waals surface area contributed by atoms with Crippen molar-refractivity contribution in [2.45, 2.75) is 31.3 Å². The van der Waals surface area contributed by atoms with E-state index in [9.17, 15) is 26.7 Å². The van der Waals surface area contributed by atoms with E-state index in [-0.39, 0.29) is 6.16 Å². The van der Waals surface area contributed by atoms with Gasteiger partial charge in [-0.3, -0.25) is 0 Å². The van der Waals surface area contributed by atoms with Crippen molar-refractivity contribution in [2.24, 2.45) is 0 Å². The number of alkyl halides is 4. The van der Waals surface area contributed by atoms with Crippen LogP contribution >= 0.6 is 15.8 Å². The van der Waals surface area contributed by atoms with Gasteiger partial charge in [-0.15, -0.1) is 0 Å². The Balaban J connectivity index is 4.01. The third-order valence-corrected chi connectivity index (χ3v) is 3.87. The molecule has 0 aromatic carbocycles. The van der Waals surface area contributed by atoms with E-state index >= 15 is 0 Å². The third-order valence-electron chi connectivity index (χ3n) is 2.25. The first kappa shape index (κ1) is 19.8. The molecule has 0 rings (SSSR count). The van der Waals surface area contributed by atoms with Gasteiger partial charge in [-0.1, -0.05) is 4.57 Å². The normalized spacial score (nSPS) is 14.3. The van der Waals surface area contributed by atoms with Gasteiger partial charge in [-0.2, -0.15) is 8.78 Å². The molecule has 0 spiro atoms. The first-order valence-corrected chi connectivity index (χ1v) is 8.87. The molecule has 118 valence electrons. The van der Waals surface area contributed by atoms with Crippen molar-refractivity contribution in [1.82, 2.24) is 0 Å². The monoisotopic (exact) mass is 342 g/mol. The highest BCUT2D eigenvalue weighted by molar-refractivity contribution is 7.43. The van der Waals surface area contributed by atoms with E-state index < -0.39 is 59.9 Å². The summed E-state index contributed by atoms with van der Waals surface area (Å²) in [5.74, 6) is -3.23. The molecule has 0 aliphatic carbocycles. The maximum atomic E-state index is 13.2. The predicted molar refractivity (Wildman–Crippen MR) is 64.3 cm³/mol. The van der Waals surface area contributed by atoms with Crippen LogP contribution in [0.5, 0.6) is 0 Å². The Labute approximate surface area is 115 Å². The molecule has 0 saturated heterocycles. The summed E-state index contributed by atoms with van der Waals surface area (Å²) >= 11 is 0. The van der Waals surface area contributed by atoms with Gasteiger partial charge >= 0.3 is 21.9 Å². The highest BCUT2D eigenvalue weighted by atomic mass is 31.1. The smallest absolute Gasteiger partial charge is 0.320 e. The summed E-state index contributed by atoms with van der Waals surface area (Å²) in [5, 5.41) is 7.93. The Bertz CT molecular complexity index is 340. The van der Waals surface area contributed by atoms with Gasteiger partial charge in [0.15, 0.2) is 12.3 Å². The fourth-order valence-corrected chi connectivity index (χ4v) is 2.30. The summed E-state index contributed by atoms with van der Waals surface area (Å²) in [5.41, 5.74) is 0. The molecule has 2 unspecified atom stereocenters. The molecule has 0 fully saturated rings. The lowest BCUT2D eigenvalue weighted by Crippen LogP contribution is -2.26. The molecule has 0 heterocycles. The Morgan fingerprint density at radius 3 is 2.15 bits per heavy atom. The summed E-state index contributed by atoms with van der Waals surface area (Å²) in [6, 6.07) is 0. The molecule has 0 saturated carbocycles. The summed E-state index contributed by atoms with van der Waals surface area (Å²) < 4.78 is 81.0. The fraction of sp³-hybridized carbons (Fsp3) is 1.00. The fourth-order valence-electron chi connectivity index (χ4n) is 1.13. The van der Waals surface area contributed by atoms with Gasteiger partial charge in [0.05, 0.1) is 19.4 Å². The molecule has 0 aromatic rings. The van der Waals surface area contributed by atoms with E-state index in [0.29, 0.717) is 0 Å². The van der Waals surface area contributed by atoms with Crippen LogP contribution in [0.15, 0.2) is 0 Å². The van der Waals surface area contributed by atoms with Gasteiger partial charge in [0.1, 0.15) is 6.66 Å². The Hall–Kier alpha value is -0.200. The van der Waals surface area contributed by atoms with Crippen LogP contribution in [0, 0.1) is 0 Å². The summed E-state index contributed by atoms with van der Waals surface area (Å²) in [6.07, 6.45) is -7.17. The molecular formula is C9H16F4O5P2+2. The molecule has 0 aromatic heterocycles. The zero-order valence-corrected chi connectivity index (χ0v) is 12.5. The van der Waals surface area contributed by atoms with E-state index in [1.165, 1.54) is 6.66 Å². The molecule has 0 aliphatic rings. The molecule has 20 heavy (non-hydrogen) atoms. The SMILES string of the molecule is C[P+](=O)CCC(F)(F)CCOC(F)(F)CC[P+](=O)OO. The van der Waals surface area contributed by atoms with Crippen molar-refractivity contribution in [3.8, 4) is 0 Å². The van der Waals surface area contributed by atoms with Crippen LogP contribution in [0.2, 0.25) is 0 Å². The van der Waals surface area contributed by atoms with Crippen LogP contribution in [-0.4, -0.2) is 42.9 Å². The minimum Gasteiger partial charge on any atom is -0.320 e. The van der Waals surface area contributed by atoms with Crippen LogP contribution in [-0.2, 0) is 18.5 Å². The van der Waals surface area contributed by atoms with Gasteiger partial charge in [-0.25, -0.2) is 14.0 Å². The topological polar surface area (TPSA) is 72.8 Å². The zero-order valence-electron chi connectivity index (χ0n) is 10.7. The van der Waals surface area contributed by atoms with Gasteiger partial charge in [0.2, 0.25) is 0 Å². The lowest BCUT2D eigenvalue weighted by atomic mass is 10.2. The van der Waals surface area contributed by atoms with Gasteiger partial charge < -0.3 is 4.74 Å². The van der Waals surface area contributed by atoms with Crippen molar-refractivity contribution in [3.05, 3.63) is 0 Å². The Kier molecular flexibility index (Phi) is 8.86. The van der Waals surface area contributed by atoms with Crippen molar-refractivity contribution in [2.75, 3.05) is 25.6 Å². The van der Waals surface area contributed by atoms with E-state index in [0.717, 1.165) is 0 Å². The van der Waals surface area contributed by atoms with Gasteiger partial charge in [0.25, 0.3) is 5.92 Å². The van der Waals surface area contributed by atoms with Crippen LogP contribution in [0.25, 0.3) is 0 Å². The maximum Gasteiger partial charge on any atom is 0.539 e. The van der Waals surface area contributed by atoms with E-state index in [4.69, 9.17) is 5.26 Å². The summed E-state index contributed by atoms with van der Waals surface area (Å²) in [7, 11) is -4.34. The quantitative estimate of drug-likeness (QED) is 0.265. The molecule has 2 atom stereocenters. The standard InChI is InChI=1S/C9H15F4O5P2/c1-19(15)6-3-8(10,11)2-5-17-9(12,13)4-7-20(16)18-14/h2-7H2,1H3/q+1/p+1. The molecule has 11 heteroatoms. The molecule has 1 N–H and O–H groups in total. The predicted octanol–water partition coefficient (Wildman–Crippen LogP) is 4.09. The van der Waals surface area contributed by atoms with Crippen molar-refractivity contribution in [1.29, 1.82) is 0 Å². The molecule has 0 bridgehead atoms. The van der Waals surface area contributed by atoms with Crippen molar-refractivity contribution >= 4 is 15.8 Å². The van der Waals surface area contributed by atoms with E-state index in [2.05, 4.69) is 9.41 Å². The molecular weight excluding hydrogens is 326 g/mol. The first-order chi connectivity index (χ1) is 9.08. The van der Waals surface area contributed by atoms with E-state index in [1.54, 1.807) is 0 Å². The zero-order chi connectivity index (χ0) is 15.8. The number of hydrogen-bond acceptors (Lipinski definition) is 5. The van der Waals surface area contributed by atoms with Gasteiger partial charge in [-0.05, 0) is 4.57 Å². The second-order valence-electron chi connectivity index (χ2n) is 4.08.